The molecule has 0 saturated heterocycles. The van der Waals surface area contributed by atoms with Crippen LogP contribution in [0.3, 0.4) is 0 Å². The van der Waals surface area contributed by atoms with E-state index in [4.69, 9.17) is 9.40 Å². The van der Waals surface area contributed by atoms with Gasteiger partial charge < -0.3 is 4.42 Å². The second kappa shape index (κ2) is 5.14. The SMILES string of the molecule is CS(C)(C)c1ccccc1-c1ccc2c(n1)oc1ccccc12. The number of rotatable bonds is 2. The number of para-hydroxylation sites is 1. The molecule has 0 radical (unpaired) electrons. The Morgan fingerprint density at radius 3 is 2.35 bits per heavy atom. The average Bonchev–Trinajstić information content (AvgIpc) is 2.91. The van der Waals surface area contributed by atoms with Crippen LogP contribution in [0, 0.1) is 0 Å². The van der Waals surface area contributed by atoms with Gasteiger partial charge in [0.05, 0.1) is 5.69 Å². The molecule has 0 atom stereocenters. The molecule has 0 aliphatic rings. The number of pyridine rings is 1. The zero-order chi connectivity index (χ0) is 16.0. The molecule has 23 heavy (non-hydrogen) atoms. The van der Waals surface area contributed by atoms with Gasteiger partial charge in [-0.15, -0.1) is 0 Å². The lowest BCUT2D eigenvalue weighted by Crippen LogP contribution is -1.97. The van der Waals surface area contributed by atoms with Crippen LogP contribution in [-0.4, -0.2) is 23.8 Å². The van der Waals surface area contributed by atoms with Gasteiger partial charge in [0.2, 0.25) is 5.71 Å². The van der Waals surface area contributed by atoms with E-state index in [9.17, 15) is 0 Å². The summed E-state index contributed by atoms with van der Waals surface area (Å²) in [5.41, 5.74) is 3.79. The van der Waals surface area contributed by atoms with Crippen molar-refractivity contribution in [2.24, 2.45) is 0 Å². The third-order valence-electron chi connectivity index (χ3n) is 4.07. The number of nitrogens with zero attached hydrogens (tertiary/aromatic N) is 1. The van der Waals surface area contributed by atoms with Crippen molar-refractivity contribution in [2.45, 2.75) is 4.90 Å². The van der Waals surface area contributed by atoms with Crippen molar-refractivity contribution in [1.29, 1.82) is 0 Å². The fraction of sp³-hybridized carbons (Fsp3) is 0.150. The minimum atomic E-state index is -0.830. The molecule has 2 aromatic carbocycles. The van der Waals surface area contributed by atoms with Gasteiger partial charge in [0.1, 0.15) is 5.58 Å². The fourth-order valence-electron chi connectivity index (χ4n) is 2.97. The fourth-order valence-corrected chi connectivity index (χ4v) is 4.29. The Morgan fingerprint density at radius 1 is 0.783 bits per heavy atom. The van der Waals surface area contributed by atoms with E-state index in [1.807, 2.05) is 18.2 Å². The predicted molar refractivity (Wildman–Crippen MR) is 101 cm³/mol. The summed E-state index contributed by atoms with van der Waals surface area (Å²) in [6.07, 6.45) is 6.93. The van der Waals surface area contributed by atoms with Gasteiger partial charge >= 0.3 is 0 Å². The first-order chi connectivity index (χ1) is 11.0. The van der Waals surface area contributed by atoms with Crippen molar-refractivity contribution >= 4 is 32.1 Å². The largest absolute Gasteiger partial charge is 0.438 e. The quantitative estimate of drug-likeness (QED) is 0.473. The van der Waals surface area contributed by atoms with Crippen LogP contribution in [0.15, 0.2) is 70.0 Å². The Morgan fingerprint density at radius 2 is 1.52 bits per heavy atom. The van der Waals surface area contributed by atoms with Crippen LogP contribution in [-0.2, 0) is 0 Å². The molecule has 2 aromatic heterocycles. The third kappa shape index (κ3) is 2.41. The Hall–Kier alpha value is -2.26. The van der Waals surface area contributed by atoms with Crippen LogP contribution in [0.5, 0.6) is 0 Å². The molecular weight excluding hydrogens is 302 g/mol. The van der Waals surface area contributed by atoms with Crippen molar-refractivity contribution in [1.82, 2.24) is 4.98 Å². The Balaban J connectivity index is 1.96. The number of fused-ring (bicyclic) bond motifs is 3. The van der Waals surface area contributed by atoms with Gasteiger partial charge in [-0.25, -0.2) is 15.0 Å². The topological polar surface area (TPSA) is 26.0 Å². The number of aromatic nitrogens is 1. The van der Waals surface area contributed by atoms with Gasteiger partial charge in [0.15, 0.2) is 0 Å². The minimum absolute atomic E-state index is 0.711. The Labute approximate surface area is 137 Å². The van der Waals surface area contributed by atoms with E-state index in [1.165, 1.54) is 10.5 Å². The summed E-state index contributed by atoms with van der Waals surface area (Å²) >= 11 is 0. The van der Waals surface area contributed by atoms with E-state index < -0.39 is 10.0 Å². The zero-order valence-corrected chi connectivity index (χ0v) is 14.4. The standard InChI is InChI=1S/C20H19NOS/c1-23(2,3)19-11-7-5-9-16(19)17-13-12-15-14-8-4-6-10-18(14)22-20(15)21-17/h4-13H,1-3H3. The van der Waals surface area contributed by atoms with E-state index >= 15 is 0 Å². The molecular formula is C20H19NOS. The summed E-state index contributed by atoms with van der Waals surface area (Å²) in [6.45, 7) is 0. The van der Waals surface area contributed by atoms with Crippen LogP contribution >= 0.6 is 10.0 Å². The van der Waals surface area contributed by atoms with E-state index in [0.717, 1.165) is 22.0 Å². The van der Waals surface area contributed by atoms with Gasteiger partial charge in [-0.3, -0.25) is 0 Å². The highest BCUT2D eigenvalue weighted by Gasteiger charge is 2.16. The lowest BCUT2D eigenvalue weighted by molar-refractivity contribution is 0.654. The molecule has 2 heterocycles. The number of furan rings is 1. The van der Waals surface area contributed by atoms with Gasteiger partial charge in [-0.1, -0.05) is 36.4 Å². The molecule has 0 unspecified atom stereocenters. The molecule has 0 N–H and O–H groups in total. The molecule has 4 aromatic rings. The Bertz CT molecular complexity index is 1010. The highest BCUT2D eigenvalue weighted by atomic mass is 32.3. The van der Waals surface area contributed by atoms with Crippen molar-refractivity contribution in [2.75, 3.05) is 18.8 Å². The first-order valence-corrected chi connectivity index (χ1v) is 10.5. The first kappa shape index (κ1) is 14.3. The van der Waals surface area contributed by atoms with Gasteiger partial charge in [-0.2, -0.15) is 0 Å². The van der Waals surface area contributed by atoms with E-state index in [-0.39, 0.29) is 0 Å². The van der Waals surface area contributed by atoms with E-state index in [1.54, 1.807) is 0 Å². The van der Waals surface area contributed by atoms with E-state index in [2.05, 4.69) is 61.2 Å². The van der Waals surface area contributed by atoms with E-state index in [0.29, 0.717) is 5.71 Å². The summed E-state index contributed by atoms with van der Waals surface area (Å²) in [5.74, 6) is 0. The average molecular weight is 321 g/mol. The van der Waals surface area contributed by atoms with Crippen LogP contribution in [0.4, 0.5) is 0 Å². The second-order valence-corrected chi connectivity index (χ2v) is 10.6. The molecule has 0 aliphatic heterocycles. The van der Waals surface area contributed by atoms with Crippen molar-refractivity contribution in [3.8, 4) is 11.3 Å². The molecule has 4 rings (SSSR count). The van der Waals surface area contributed by atoms with Crippen LogP contribution in [0.1, 0.15) is 0 Å². The maximum atomic E-state index is 5.94. The van der Waals surface area contributed by atoms with Crippen LogP contribution in [0.2, 0.25) is 0 Å². The van der Waals surface area contributed by atoms with Gasteiger partial charge in [0, 0.05) is 16.3 Å². The normalized spacial score (nSPS) is 12.8. The highest BCUT2D eigenvalue weighted by molar-refractivity contribution is 8.32. The monoisotopic (exact) mass is 321 g/mol. The first-order valence-electron chi connectivity index (χ1n) is 7.60. The molecule has 0 amide bonds. The molecule has 0 spiro atoms. The van der Waals surface area contributed by atoms with Crippen molar-refractivity contribution < 1.29 is 4.42 Å². The summed E-state index contributed by atoms with van der Waals surface area (Å²) < 4.78 is 5.94. The summed E-state index contributed by atoms with van der Waals surface area (Å²) in [4.78, 5) is 6.18. The lowest BCUT2D eigenvalue weighted by atomic mass is 10.1. The molecule has 3 heteroatoms. The van der Waals surface area contributed by atoms with Crippen LogP contribution in [0.25, 0.3) is 33.3 Å². The highest BCUT2D eigenvalue weighted by Crippen LogP contribution is 2.49. The molecule has 0 fully saturated rings. The predicted octanol–water partition coefficient (Wildman–Crippen LogP) is 5.70. The van der Waals surface area contributed by atoms with Crippen molar-refractivity contribution in [3.05, 3.63) is 60.7 Å². The molecule has 116 valence electrons. The Kier molecular flexibility index (Phi) is 3.20. The van der Waals surface area contributed by atoms with Crippen molar-refractivity contribution in [3.63, 3.8) is 0 Å². The maximum absolute atomic E-state index is 5.94. The molecule has 0 aliphatic carbocycles. The van der Waals surface area contributed by atoms with Crippen LogP contribution < -0.4 is 0 Å². The van der Waals surface area contributed by atoms with Gasteiger partial charge in [0.25, 0.3) is 0 Å². The molecule has 0 saturated carbocycles. The maximum Gasteiger partial charge on any atom is 0.227 e. The molecule has 2 nitrogen and oxygen atoms in total. The number of hydrogen-bond donors (Lipinski definition) is 0. The second-order valence-electron chi connectivity index (χ2n) is 6.48. The third-order valence-corrected chi connectivity index (χ3v) is 5.74. The smallest absolute Gasteiger partial charge is 0.227 e. The zero-order valence-electron chi connectivity index (χ0n) is 13.5. The van der Waals surface area contributed by atoms with Gasteiger partial charge in [-0.05, 0) is 47.9 Å². The summed E-state index contributed by atoms with van der Waals surface area (Å²) in [5, 5.41) is 2.20. The number of benzene rings is 2. The summed E-state index contributed by atoms with van der Waals surface area (Å²) in [7, 11) is -0.830. The minimum Gasteiger partial charge on any atom is -0.438 e. The number of hydrogen-bond acceptors (Lipinski definition) is 2. The lowest BCUT2D eigenvalue weighted by Gasteiger charge is -2.28. The molecule has 0 bridgehead atoms. The summed E-state index contributed by atoms with van der Waals surface area (Å²) in [6, 6.07) is 20.9.